The summed E-state index contributed by atoms with van der Waals surface area (Å²) in [7, 11) is 0. The van der Waals surface area contributed by atoms with E-state index in [-0.39, 0.29) is 0 Å². The van der Waals surface area contributed by atoms with Gasteiger partial charge in [-0.3, -0.25) is 0 Å². The van der Waals surface area contributed by atoms with Gasteiger partial charge in [0.25, 0.3) is 0 Å². The van der Waals surface area contributed by atoms with Crippen molar-refractivity contribution in [2.45, 2.75) is 41.5 Å². The molecule has 0 saturated carbocycles. The maximum Gasteiger partial charge on any atom is 0.0266 e. The number of nitrogens with zero attached hydrogens (tertiary/aromatic N) is 1. The second-order valence-electron chi connectivity index (χ2n) is 5.31. The zero-order valence-corrected chi connectivity index (χ0v) is 10.6. The van der Waals surface area contributed by atoms with Gasteiger partial charge in [-0.2, -0.15) is 5.06 Å². The maximum absolute atomic E-state index is 9.72. The van der Waals surface area contributed by atoms with Crippen molar-refractivity contribution < 1.29 is 5.21 Å². The highest BCUT2D eigenvalue weighted by atomic mass is 16.5. The average molecular weight is 201 g/mol. The summed E-state index contributed by atoms with van der Waals surface area (Å²) < 4.78 is 0. The van der Waals surface area contributed by atoms with E-state index in [1.165, 1.54) is 5.06 Å². The summed E-state index contributed by atoms with van der Waals surface area (Å²) in [4.78, 5) is 0. The Hall–Kier alpha value is -0.0800. The molecule has 0 aliphatic heterocycles. The Morgan fingerprint density at radius 2 is 1.07 bits per heavy atom. The average Bonchev–Trinajstić information content (AvgIpc) is 2.03. The van der Waals surface area contributed by atoms with Crippen LogP contribution in [0.25, 0.3) is 0 Å². The highest BCUT2D eigenvalue weighted by Crippen LogP contribution is 2.14. The van der Waals surface area contributed by atoms with Gasteiger partial charge in [-0.05, 0) is 23.7 Å². The van der Waals surface area contributed by atoms with Gasteiger partial charge in [-0.1, -0.05) is 41.5 Å². The van der Waals surface area contributed by atoms with Gasteiger partial charge in [-0.15, -0.1) is 0 Å². The topological polar surface area (TPSA) is 23.5 Å². The van der Waals surface area contributed by atoms with Crippen LogP contribution in [-0.2, 0) is 0 Å². The van der Waals surface area contributed by atoms with E-state index in [0.717, 1.165) is 13.1 Å². The zero-order valence-electron chi connectivity index (χ0n) is 10.6. The summed E-state index contributed by atoms with van der Waals surface area (Å²) in [5.41, 5.74) is 0. The highest BCUT2D eigenvalue weighted by molar-refractivity contribution is 4.64. The number of hydrogen-bond donors (Lipinski definition) is 1. The first-order valence-corrected chi connectivity index (χ1v) is 5.78. The van der Waals surface area contributed by atoms with E-state index in [2.05, 4.69) is 41.5 Å². The Morgan fingerprint density at radius 1 is 0.786 bits per heavy atom. The van der Waals surface area contributed by atoms with Gasteiger partial charge in [-0.25, -0.2) is 0 Å². The summed E-state index contributed by atoms with van der Waals surface area (Å²) in [6.07, 6.45) is 0. The third-order valence-electron chi connectivity index (χ3n) is 3.27. The van der Waals surface area contributed by atoms with E-state index in [1.807, 2.05) is 0 Å². The Kier molecular flexibility index (Phi) is 6.38. The molecule has 0 aromatic carbocycles. The molecule has 0 bridgehead atoms. The molecule has 0 rings (SSSR count). The molecule has 2 unspecified atom stereocenters. The van der Waals surface area contributed by atoms with Gasteiger partial charge < -0.3 is 5.21 Å². The Morgan fingerprint density at radius 3 is 1.29 bits per heavy atom. The van der Waals surface area contributed by atoms with Crippen molar-refractivity contribution in [1.82, 2.24) is 5.06 Å². The molecular weight excluding hydrogens is 174 g/mol. The Labute approximate surface area is 89.3 Å². The van der Waals surface area contributed by atoms with E-state index in [4.69, 9.17) is 0 Å². The van der Waals surface area contributed by atoms with Crippen molar-refractivity contribution in [2.75, 3.05) is 13.1 Å². The summed E-state index contributed by atoms with van der Waals surface area (Å²) >= 11 is 0. The van der Waals surface area contributed by atoms with E-state index >= 15 is 0 Å². The molecule has 0 aromatic rings. The number of rotatable bonds is 6. The minimum Gasteiger partial charge on any atom is -0.314 e. The fourth-order valence-corrected chi connectivity index (χ4v) is 1.16. The molecule has 0 amide bonds. The molecule has 0 heterocycles. The van der Waals surface area contributed by atoms with Crippen LogP contribution in [0.1, 0.15) is 41.5 Å². The SMILES string of the molecule is CC(C)C(C)CN(O)CC(C)C(C)C. The monoisotopic (exact) mass is 201 g/mol. The molecule has 0 aliphatic rings. The second kappa shape index (κ2) is 6.41. The van der Waals surface area contributed by atoms with Crippen molar-refractivity contribution >= 4 is 0 Å². The van der Waals surface area contributed by atoms with E-state index in [9.17, 15) is 5.21 Å². The van der Waals surface area contributed by atoms with Crippen LogP contribution in [0.15, 0.2) is 0 Å². The lowest BCUT2D eigenvalue weighted by atomic mass is 9.96. The number of hydrogen-bond acceptors (Lipinski definition) is 2. The quantitative estimate of drug-likeness (QED) is 0.667. The van der Waals surface area contributed by atoms with Crippen LogP contribution >= 0.6 is 0 Å². The lowest BCUT2D eigenvalue weighted by Gasteiger charge is -2.26. The highest BCUT2D eigenvalue weighted by Gasteiger charge is 2.15. The van der Waals surface area contributed by atoms with Crippen molar-refractivity contribution in [2.24, 2.45) is 23.7 Å². The van der Waals surface area contributed by atoms with Gasteiger partial charge in [0.05, 0.1) is 0 Å². The van der Waals surface area contributed by atoms with Gasteiger partial charge in [0.1, 0.15) is 0 Å². The lowest BCUT2D eigenvalue weighted by Crippen LogP contribution is -2.32. The first-order chi connectivity index (χ1) is 6.34. The number of hydroxylamine groups is 2. The largest absolute Gasteiger partial charge is 0.314 e. The minimum atomic E-state index is 0.555. The van der Waals surface area contributed by atoms with Crippen LogP contribution in [-0.4, -0.2) is 23.4 Å². The summed E-state index contributed by atoms with van der Waals surface area (Å²) in [5.74, 6) is 2.39. The van der Waals surface area contributed by atoms with Crippen LogP contribution in [0.2, 0.25) is 0 Å². The molecule has 86 valence electrons. The molecule has 1 N–H and O–H groups in total. The van der Waals surface area contributed by atoms with Crippen molar-refractivity contribution in [3.63, 3.8) is 0 Å². The first kappa shape index (κ1) is 13.9. The predicted molar refractivity (Wildman–Crippen MR) is 61.4 cm³/mol. The van der Waals surface area contributed by atoms with Gasteiger partial charge in [0.15, 0.2) is 0 Å². The molecule has 0 aromatic heterocycles. The molecule has 0 fully saturated rings. The molecule has 0 radical (unpaired) electrons. The molecular formula is C12H27NO. The maximum atomic E-state index is 9.72. The van der Waals surface area contributed by atoms with E-state index < -0.39 is 0 Å². The first-order valence-electron chi connectivity index (χ1n) is 5.78. The summed E-state index contributed by atoms with van der Waals surface area (Å²) in [6.45, 7) is 14.7. The predicted octanol–water partition coefficient (Wildman–Crippen LogP) is 3.26. The molecule has 2 atom stereocenters. The van der Waals surface area contributed by atoms with Gasteiger partial charge >= 0.3 is 0 Å². The van der Waals surface area contributed by atoms with Crippen molar-refractivity contribution in [3.05, 3.63) is 0 Å². The minimum absolute atomic E-state index is 0.555. The Bertz CT molecular complexity index is 129. The molecule has 2 heteroatoms. The smallest absolute Gasteiger partial charge is 0.0266 e. The third kappa shape index (κ3) is 5.61. The van der Waals surface area contributed by atoms with Crippen LogP contribution < -0.4 is 0 Å². The van der Waals surface area contributed by atoms with Crippen LogP contribution in [0.5, 0.6) is 0 Å². The summed E-state index contributed by atoms with van der Waals surface area (Å²) in [5, 5.41) is 11.2. The fraction of sp³-hybridized carbons (Fsp3) is 1.00. The van der Waals surface area contributed by atoms with Crippen molar-refractivity contribution in [3.8, 4) is 0 Å². The molecule has 2 nitrogen and oxygen atoms in total. The molecule has 14 heavy (non-hydrogen) atoms. The fourth-order valence-electron chi connectivity index (χ4n) is 1.16. The van der Waals surface area contributed by atoms with Gasteiger partial charge in [0.2, 0.25) is 0 Å². The van der Waals surface area contributed by atoms with Crippen molar-refractivity contribution in [1.29, 1.82) is 0 Å². The third-order valence-corrected chi connectivity index (χ3v) is 3.27. The van der Waals surface area contributed by atoms with E-state index in [1.54, 1.807) is 0 Å². The molecule has 0 aliphatic carbocycles. The van der Waals surface area contributed by atoms with Gasteiger partial charge in [0, 0.05) is 13.1 Å². The molecule has 0 saturated heterocycles. The van der Waals surface area contributed by atoms with Crippen LogP contribution in [0, 0.1) is 23.7 Å². The lowest BCUT2D eigenvalue weighted by molar-refractivity contribution is -0.115. The zero-order chi connectivity index (χ0) is 11.3. The second-order valence-corrected chi connectivity index (χ2v) is 5.31. The van der Waals surface area contributed by atoms with Crippen LogP contribution in [0.3, 0.4) is 0 Å². The standard InChI is InChI=1S/C12H27NO/c1-9(2)11(5)7-13(14)8-12(6)10(3)4/h9-12,14H,7-8H2,1-6H3. The van der Waals surface area contributed by atoms with E-state index in [0.29, 0.717) is 23.7 Å². The van der Waals surface area contributed by atoms with Crippen LogP contribution in [0.4, 0.5) is 0 Å². The molecule has 0 spiro atoms. The summed E-state index contributed by atoms with van der Waals surface area (Å²) in [6, 6.07) is 0. The Balaban J connectivity index is 3.80. The normalized spacial score (nSPS) is 16.7.